The summed E-state index contributed by atoms with van der Waals surface area (Å²) in [6, 6.07) is -5.58. The third kappa shape index (κ3) is 13.8. The number of primary amides is 2. The van der Waals surface area contributed by atoms with Gasteiger partial charge in [-0.15, -0.1) is 0 Å². The highest BCUT2D eigenvalue weighted by molar-refractivity contribution is 5.95. The van der Waals surface area contributed by atoms with E-state index in [2.05, 4.69) is 10.6 Å². The van der Waals surface area contributed by atoms with Crippen LogP contribution < -0.4 is 38.9 Å². The van der Waals surface area contributed by atoms with Crippen molar-refractivity contribution in [1.82, 2.24) is 16.0 Å². The molecule has 5 amide bonds. The van der Waals surface area contributed by atoms with E-state index in [0.29, 0.717) is 19.4 Å². The van der Waals surface area contributed by atoms with Gasteiger partial charge in [0, 0.05) is 12.8 Å². The molecule has 4 unspecified atom stereocenters. The molecule has 0 aliphatic heterocycles. The molecule has 0 saturated heterocycles. The van der Waals surface area contributed by atoms with Crippen LogP contribution in [0.1, 0.15) is 51.4 Å². The second-order valence-electron chi connectivity index (χ2n) is 8.02. The van der Waals surface area contributed by atoms with Crippen molar-refractivity contribution in [2.45, 2.75) is 75.5 Å². The first kappa shape index (κ1) is 32.2. The Morgan fingerprint density at radius 2 is 1.19 bits per heavy atom. The number of nitrogens with two attached hydrogens (primary N) is 4. The predicted molar refractivity (Wildman–Crippen MR) is 123 cm³/mol. The molecular formula is C20H35N7O9. The van der Waals surface area contributed by atoms with E-state index in [1.807, 2.05) is 5.32 Å². The molecule has 0 heterocycles. The lowest BCUT2D eigenvalue weighted by Gasteiger charge is -2.25. The zero-order chi connectivity index (χ0) is 27.8. The molecule has 36 heavy (non-hydrogen) atoms. The zero-order valence-corrected chi connectivity index (χ0v) is 19.7. The van der Waals surface area contributed by atoms with Gasteiger partial charge in [-0.05, 0) is 38.6 Å². The number of nitrogens with one attached hydrogen (secondary N) is 3. The molecule has 204 valence electrons. The molecule has 0 aromatic rings. The Morgan fingerprint density at radius 3 is 1.67 bits per heavy atom. The van der Waals surface area contributed by atoms with E-state index < -0.39 is 84.9 Å². The van der Waals surface area contributed by atoms with Gasteiger partial charge in [-0.3, -0.25) is 28.8 Å². The number of carbonyl (C=O) groups is 7. The van der Waals surface area contributed by atoms with E-state index in [4.69, 9.17) is 28.0 Å². The maximum atomic E-state index is 12.9. The summed E-state index contributed by atoms with van der Waals surface area (Å²) in [6.07, 6.45) is -0.956. The van der Waals surface area contributed by atoms with Crippen LogP contribution in [0, 0.1) is 0 Å². The SMILES string of the molecule is NCCCCC(NC(=O)C(N)CCC(N)=O)C(=O)NC(CCC(=O)O)C(=O)NC(CC(N)=O)C(=O)O. The fourth-order valence-electron chi connectivity index (χ4n) is 2.95. The van der Waals surface area contributed by atoms with Crippen LogP contribution in [0.15, 0.2) is 0 Å². The fourth-order valence-corrected chi connectivity index (χ4v) is 2.95. The van der Waals surface area contributed by atoms with Crippen molar-refractivity contribution >= 4 is 41.5 Å². The van der Waals surface area contributed by atoms with Gasteiger partial charge in [-0.2, -0.15) is 0 Å². The number of hydrogen-bond donors (Lipinski definition) is 9. The van der Waals surface area contributed by atoms with Crippen molar-refractivity contribution in [2.24, 2.45) is 22.9 Å². The first-order valence-corrected chi connectivity index (χ1v) is 11.2. The average molecular weight is 518 g/mol. The van der Waals surface area contributed by atoms with Gasteiger partial charge in [0.15, 0.2) is 0 Å². The lowest BCUT2D eigenvalue weighted by atomic mass is 10.0. The third-order valence-corrected chi connectivity index (χ3v) is 4.92. The van der Waals surface area contributed by atoms with Gasteiger partial charge >= 0.3 is 11.9 Å². The molecular weight excluding hydrogens is 482 g/mol. The second-order valence-corrected chi connectivity index (χ2v) is 8.02. The molecule has 4 atom stereocenters. The van der Waals surface area contributed by atoms with Crippen molar-refractivity contribution in [3.05, 3.63) is 0 Å². The van der Waals surface area contributed by atoms with Crippen LogP contribution in [0.3, 0.4) is 0 Å². The summed E-state index contributed by atoms with van der Waals surface area (Å²) < 4.78 is 0. The molecule has 0 aromatic heterocycles. The normalized spacial score (nSPS) is 13.9. The summed E-state index contributed by atoms with van der Waals surface area (Å²) in [5, 5.41) is 24.9. The Kier molecular flexibility index (Phi) is 15.0. The number of hydrogen-bond acceptors (Lipinski definition) is 9. The van der Waals surface area contributed by atoms with Gasteiger partial charge in [0.05, 0.1) is 12.5 Å². The molecule has 0 aromatic carbocycles. The van der Waals surface area contributed by atoms with Crippen LogP contribution >= 0.6 is 0 Å². The highest BCUT2D eigenvalue weighted by atomic mass is 16.4. The van der Waals surface area contributed by atoms with Gasteiger partial charge in [0.1, 0.15) is 18.1 Å². The quantitative estimate of drug-likeness (QED) is 0.0743. The standard InChI is InChI=1S/C20H35N7O9/c21-8-2-1-3-11(25-17(32)10(22)4-6-14(23)28)18(33)26-12(5-7-16(30)31)19(34)27-13(20(35)36)9-15(24)29/h10-13H,1-9,21-22H2,(H2,23,28)(H2,24,29)(H,25,32)(H,26,33)(H,27,34)(H,30,31)(H,35,36). The number of unbranched alkanes of at least 4 members (excludes halogenated alkanes) is 1. The van der Waals surface area contributed by atoms with Crippen LogP contribution in [0.2, 0.25) is 0 Å². The van der Waals surface area contributed by atoms with Crippen molar-refractivity contribution < 1.29 is 43.8 Å². The Morgan fingerprint density at radius 1 is 0.667 bits per heavy atom. The number of carbonyl (C=O) groups excluding carboxylic acids is 5. The van der Waals surface area contributed by atoms with Crippen LogP contribution in [0.5, 0.6) is 0 Å². The molecule has 16 nitrogen and oxygen atoms in total. The minimum absolute atomic E-state index is 0.0710. The van der Waals surface area contributed by atoms with Crippen LogP contribution in [0.25, 0.3) is 0 Å². The maximum absolute atomic E-state index is 12.9. The summed E-state index contributed by atoms with van der Waals surface area (Å²) >= 11 is 0. The van der Waals surface area contributed by atoms with Gasteiger partial charge in [0.25, 0.3) is 0 Å². The van der Waals surface area contributed by atoms with E-state index in [-0.39, 0.29) is 19.3 Å². The first-order valence-electron chi connectivity index (χ1n) is 11.2. The number of carboxylic acids is 2. The minimum atomic E-state index is -1.71. The summed E-state index contributed by atoms with van der Waals surface area (Å²) in [7, 11) is 0. The summed E-state index contributed by atoms with van der Waals surface area (Å²) in [4.78, 5) is 82.3. The Balaban J connectivity index is 5.58. The van der Waals surface area contributed by atoms with E-state index >= 15 is 0 Å². The summed E-state index contributed by atoms with van der Waals surface area (Å²) in [6.45, 7) is 0.306. The molecule has 16 heteroatoms. The molecule has 0 radical (unpaired) electrons. The topological polar surface area (TPSA) is 300 Å². The second kappa shape index (κ2) is 16.8. The van der Waals surface area contributed by atoms with Crippen molar-refractivity contribution in [1.29, 1.82) is 0 Å². The van der Waals surface area contributed by atoms with Gasteiger partial charge < -0.3 is 49.1 Å². The zero-order valence-electron chi connectivity index (χ0n) is 19.7. The van der Waals surface area contributed by atoms with Crippen LogP contribution in [-0.4, -0.2) is 82.4 Å². The lowest BCUT2D eigenvalue weighted by molar-refractivity contribution is -0.144. The molecule has 0 aliphatic carbocycles. The highest BCUT2D eigenvalue weighted by Gasteiger charge is 2.31. The van der Waals surface area contributed by atoms with Gasteiger partial charge in [-0.1, -0.05) is 0 Å². The van der Waals surface area contributed by atoms with E-state index in [1.165, 1.54) is 0 Å². The summed E-state index contributed by atoms with van der Waals surface area (Å²) in [5.41, 5.74) is 21.2. The van der Waals surface area contributed by atoms with Crippen molar-refractivity contribution in [2.75, 3.05) is 6.54 Å². The third-order valence-electron chi connectivity index (χ3n) is 4.92. The Bertz CT molecular complexity index is 821. The molecule has 13 N–H and O–H groups in total. The van der Waals surface area contributed by atoms with E-state index in [1.54, 1.807) is 0 Å². The number of amides is 5. The Hall–Kier alpha value is -3.79. The Labute approximate surface area is 206 Å². The molecule has 0 spiro atoms. The van der Waals surface area contributed by atoms with E-state index in [9.17, 15) is 38.7 Å². The number of aliphatic carboxylic acids is 2. The molecule has 0 aliphatic rings. The van der Waals surface area contributed by atoms with Crippen LogP contribution in [0.4, 0.5) is 0 Å². The number of carboxylic acid groups (broad SMARTS) is 2. The predicted octanol–water partition coefficient (Wildman–Crippen LogP) is -4.01. The average Bonchev–Trinajstić information content (AvgIpc) is 2.78. The van der Waals surface area contributed by atoms with Crippen molar-refractivity contribution in [3.63, 3.8) is 0 Å². The monoisotopic (exact) mass is 517 g/mol. The molecule has 0 fully saturated rings. The number of rotatable bonds is 19. The summed E-state index contributed by atoms with van der Waals surface area (Å²) in [5.74, 6) is -7.23. The fraction of sp³-hybridized carbons (Fsp3) is 0.650. The molecule has 0 saturated carbocycles. The first-order chi connectivity index (χ1) is 16.8. The molecule has 0 rings (SSSR count). The molecule has 0 bridgehead atoms. The van der Waals surface area contributed by atoms with E-state index in [0.717, 1.165) is 0 Å². The highest BCUT2D eigenvalue weighted by Crippen LogP contribution is 2.06. The van der Waals surface area contributed by atoms with Crippen LogP contribution in [-0.2, 0) is 33.6 Å². The van der Waals surface area contributed by atoms with Gasteiger partial charge in [0.2, 0.25) is 29.5 Å². The van der Waals surface area contributed by atoms with Crippen molar-refractivity contribution in [3.8, 4) is 0 Å². The van der Waals surface area contributed by atoms with Gasteiger partial charge in [-0.25, -0.2) is 4.79 Å². The lowest BCUT2D eigenvalue weighted by Crippen LogP contribution is -2.57. The smallest absolute Gasteiger partial charge is 0.326 e. The largest absolute Gasteiger partial charge is 0.481 e. The minimum Gasteiger partial charge on any atom is -0.481 e. The maximum Gasteiger partial charge on any atom is 0.326 e.